The van der Waals surface area contributed by atoms with Crippen LogP contribution in [0, 0.1) is 5.41 Å². The van der Waals surface area contributed by atoms with Gasteiger partial charge in [0.2, 0.25) is 10.0 Å². The Labute approximate surface area is 125 Å². The largest absolute Gasteiger partial charge is 0.478 e. The first-order chi connectivity index (χ1) is 9.72. The lowest BCUT2D eigenvalue weighted by Gasteiger charge is -2.38. The minimum atomic E-state index is -3.62. The van der Waals surface area contributed by atoms with Crippen molar-refractivity contribution < 1.29 is 18.3 Å². The van der Waals surface area contributed by atoms with Crippen LogP contribution in [0.5, 0.6) is 0 Å². The lowest BCUT2D eigenvalue weighted by atomic mass is 9.74. The van der Waals surface area contributed by atoms with Crippen molar-refractivity contribution in [2.75, 3.05) is 0 Å². The van der Waals surface area contributed by atoms with Crippen LogP contribution in [0.4, 0.5) is 0 Å². The number of benzene rings is 1. The van der Waals surface area contributed by atoms with Gasteiger partial charge >= 0.3 is 5.97 Å². The molecule has 1 aromatic rings. The molecule has 2 N–H and O–H groups in total. The quantitative estimate of drug-likeness (QED) is 0.895. The van der Waals surface area contributed by atoms with Gasteiger partial charge in [0.25, 0.3) is 0 Å². The Balaban J connectivity index is 2.20. The summed E-state index contributed by atoms with van der Waals surface area (Å²) < 4.78 is 27.6. The van der Waals surface area contributed by atoms with Gasteiger partial charge in [-0.2, -0.15) is 0 Å². The van der Waals surface area contributed by atoms with E-state index in [1.165, 1.54) is 24.3 Å². The second-order valence-electron chi connectivity index (χ2n) is 6.24. The average molecular weight is 311 g/mol. The highest BCUT2D eigenvalue weighted by atomic mass is 32.2. The van der Waals surface area contributed by atoms with Crippen LogP contribution in [-0.4, -0.2) is 25.5 Å². The maximum Gasteiger partial charge on any atom is 0.335 e. The Morgan fingerprint density at radius 2 is 1.86 bits per heavy atom. The maximum atomic E-state index is 12.4. The standard InChI is InChI=1S/C15H21NO4S/c1-15(2)10-4-3-5-13(15)16-21(19,20)12-8-6-11(7-9-12)14(17)18/h6-9,13,16H,3-5,10H2,1-2H3,(H,17,18). The molecule has 1 saturated carbocycles. The Hall–Kier alpha value is -1.40. The van der Waals surface area contributed by atoms with E-state index in [-0.39, 0.29) is 21.9 Å². The first-order valence-corrected chi connectivity index (χ1v) is 8.56. The molecular weight excluding hydrogens is 290 g/mol. The summed E-state index contributed by atoms with van der Waals surface area (Å²) in [6.07, 6.45) is 3.98. The molecule has 21 heavy (non-hydrogen) atoms. The summed E-state index contributed by atoms with van der Waals surface area (Å²) in [5.41, 5.74) is 0.0127. The van der Waals surface area contributed by atoms with Gasteiger partial charge in [-0.3, -0.25) is 0 Å². The molecule has 1 aromatic carbocycles. The molecule has 1 unspecified atom stereocenters. The highest BCUT2D eigenvalue weighted by Gasteiger charge is 2.35. The molecular formula is C15H21NO4S. The highest BCUT2D eigenvalue weighted by Crippen LogP contribution is 2.36. The Kier molecular flexibility index (Phi) is 4.39. The van der Waals surface area contributed by atoms with Gasteiger partial charge in [0, 0.05) is 6.04 Å². The van der Waals surface area contributed by atoms with Gasteiger partial charge in [0.1, 0.15) is 0 Å². The molecule has 0 radical (unpaired) electrons. The summed E-state index contributed by atoms with van der Waals surface area (Å²) in [6, 6.07) is 5.20. The molecule has 6 heteroatoms. The first-order valence-electron chi connectivity index (χ1n) is 7.08. The second-order valence-corrected chi connectivity index (χ2v) is 7.95. The molecule has 1 fully saturated rings. The number of carboxylic acid groups (broad SMARTS) is 1. The van der Waals surface area contributed by atoms with Gasteiger partial charge in [-0.05, 0) is 42.5 Å². The van der Waals surface area contributed by atoms with E-state index in [1.54, 1.807) is 0 Å². The molecule has 0 spiro atoms. The lowest BCUT2D eigenvalue weighted by molar-refractivity contribution is 0.0696. The summed E-state index contributed by atoms with van der Waals surface area (Å²) in [6.45, 7) is 4.15. The Morgan fingerprint density at radius 3 is 2.38 bits per heavy atom. The SMILES string of the molecule is CC1(C)CCCCC1NS(=O)(=O)c1ccc(C(=O)O)cc1. The van der Waals surface area contributed by atoms with Crippen LogP contribution in [0.1, 0.15) is 49.9 Å². The summed E-state index contributed by atoms with van der Waals surface area (Å²) in [4.78, 5) is 10.9. The summed E-state index contributed by atoms with van der Waals surface area (Å²) >= 11 is 0. The van der Waals surface area contributed by atoms with Crippen molar-refractivity contribution in [3.8, 4) is 0 Å². The summed E-state index contributed by atoms with van der Waals surface area (Å²) in [5.74, 6) is -1.07. The minimum absolute atomic E-state index is 0.0632. The number of carbonyl (C=O) groups is 1. The average Bonchev–Trinajstić information content (AvgIpc) is 2.41. The second kappa shape index (κ2) is 5.77. The number of hydrogen-bond donors (Lipinski definition) is 2. The fraction of sp³-hybridized carbons (Fsp3) is 0.533. The third-order valence-corrected chi connectivity index (χ3v) is 5.70. The van der Waals surface area contributed by atoms with E-state index in [1.807, 2.05) is 0 Å². The van der Waals surface area contributed by atoms with Gasteiger partial charge in [-0.15, -0.1) is 0 Å². The van der Waals surface area contributed by atoms with E-state index in [2.05, 4.69) is 18.6 Å². The van der Waals surface area contributed by atoms with Crippen LogP contribution in [0.25, 0.3) is 0 Å². The van der Waals surface area contributed by atoms with Crippen molar-refractivity contribution in [2.24, 2.45) is 5.41 Å². The molecule has 1 aliphatic carbocycles. The summed E-state index contributed by atoms with van der Waals surface area (Å²) in [5, 5.41) is 8.84. The van der Waals surface area contributed by atoms with Crippen LogP contribution in [-0.2, 0) is 10.0 Å². The van der Waals surface area contributed by atoms with Gasteiger partial charge in [-0.1, -0.05) is 26.7 Å². The molecule has 0 amide bonds. The van der Waals surface area contributed by atoms with E-state index in [4.69, 9.17) is 5.11 Å². The number of carboxylic acids is 1. The Morgan fingerprint density at radius 1 is 1.24 bits per heavy atom. The molecule has 0 heterocycles. The monoisotopic (exact) mass is 311 g/mol. The van der Waals surface area contributed by atoms with Gasteiger partial charge in [0.05, 0.1) is 10.5 Å². The summed E-state index contributed by atoms with van der Waals surface area (Å²) in [7, 11) is -3.62. The number of nitrogens with one attached hydrogen (secondary N) is 1. The molecule has 116 valence electrons. The smallest absolute Gasteiger partial charge is 0.335 e. The van der Waals surface area contributed by atoms with Crippen LogP contribution < -0.4 is 4.72 Å². The zero-order chi connectivity index (χ0) is 15.7. The van der Waals surface area contributed by atoms with Crippen molar-refractivity contribution in [3.63, 3.8) is 0 Å². The molecule has 0 aromatic heterocycles. The van der Waals surface area contributed by atoms with Crippen LogP contribution in [0.2, 0.25) is 0 Å². The predicted octanol–water partition coefficient (Wildman–Crippen LogP) is 2.63. The molecule has 0 bridgehead atoms. The molecule has 1 atom stereocenters. The molecule has 0 aliphatic heterocycles. The number of sulfonamides is 1. The van der Waals surface area contributed by atoms with Crippen molar-refractivity contribution in [2.45, 2.75) is 50.5 Å². The number of aromatic carboxylic acids is 1. The lowest BCUT2D eigenvalue weighted by Crippen LogP contribution is -2.46. The molecule has 2 rings (SSSR count). The molecule has 5 nitrogen and oxygen atoms in total. The van der Waals surface area contributed by atoms with Crippen LogP contribution >= 0.6 is 0 Å². The topological polar surface area (TPSA) is 83.5 Å². The van der Waals surface area contributed by atoms with Crippen molar-refractivity contribution in [1.82, 2.24) is 4.72 Å². The van der Waals surface area contributed by atoms with E-state index in [9.17, 15) is 13.2 Å². The number of rotatable bonds is 4. The first kappa shape index (κ1) is 16.0. The van der Waals surface area contributed by atoms with Crippen molar-refractivity contribution >= 4 is 16.0 Å². The van der Waals surface area contributed by atoms with Crippen LogP contribution in [0.15, 0.2) is 29.2 Å². The van der Waals surface area contributed by atoms with Crippen molar-refractivity contribution in [3.05, 3.63) is 29.8 Å². The van der Waals surface area contributed by atoms with E-state index in [0.717, 1.165) is 25.7 Å². The van der Waals surface area contributed by atoms with Gasteiger partial charge in [-0.25, -0.2) is 17.9 Å². The zero-order valence-corrected chi connectivity index (χ0v) is 13.1. The number of hydrogen-bond acceptors (Lipinski definition) is 3. The van der Waals surface area contributed by atoms with Crippen molar-refractivity contribution in [1.29, 1.82) is 0 Å². The minimum Gasteiger partial charge on any atom is -0.478 e. The maximum absolute atomic E-state index is 12.4. The van der Waals surface area contributed by atoms with Gasteiger partial charge < -0.3 is 5.11 Å². The van der Waals surface area contributed by atoms with Crippen LogP contribution in [0.3, 0.4) is 0 Å². The van der Waals surface area contributed by atoms with Gasteiger partial charge in [0.15, 0.2) is 0 Å². The van der Waals surface area contributed by atoms with E-state index >= 15 is 0 Å². The van der Waals surface area contributed by atoms with E-state index in [0.29, 0.717) is 0 Å². The Bertz CT molecular complexity index is 620. The highest BCUT2D eigenvalue weighted by molar-refractivity contribution is 7.89. The zero-order valence-electron chi connectivity index (χ0n) is 12.3. The van der Waals surface area contributed by atoms with E-state index < -0.39 is 16.0 Å². The third kappa shape index (κ3) is 3.63. The fourth-order valence-electron chi connectivity index (χ4n) is 2.74. The normalized spacial score (nSPS) is 21.9. The fourth-order valence-corrected chi connectivity index (χ4v) is 4.19. The molecule has 1 aliphatic rings. The predicted molar refractivity (Wildman–Crippen MR) is 79.8 cm³/mol. The molecule has 0 saturated heterocycles. The third-order valence-electron chi connectivity index (χ3n) is 4.22.